The maximum Gasteiger partial charge on any atom is 0.0612 e. The van der Waals surface area contributed by atoms with E-state index in [4.69, 9.17) is 5.11 Å². The molecule has 0 bridgehead atoms. The molecule has 58 valence electrons. The SMILES string of the molecule is OC/C=C\CC1CCNC1. The average Bonchev–Trinajstić information content (AvgIpc) is 2.41. The lowest BCUT2D eigenvalue weighted by Crippen LogP contribution is -2.08. The second-order valence-corrected chi connectivity index (χ2v) is 2.75. The van der Waals surface area contributed by atoms with E-state index in [1.807, 2.05) is 6.08 Å². The summed E-state index contributed by atoms with van der Waals surface area (Å²) < 4.78 is 0. The first-order valence-electron chi connectivity index (χ1n) is 3.90. The molecule has 1 saturated heterocycles. The van der Waals surface area contributed by atoms with Gasteiger partial charge < -0.3 is 10.4 Å². The van der Waals surface area contributed by atoms with Gasteiger partial charge in [-0.25, -0.2) is 0 Å². The van der Waals surface area contributed by atoms with Crippen LogP contribution < -0.4 is 5.32 Å². The van der Waals surface area contributed by atoms with Gasteiger partial charge in [-0.1, -0.05) is 12.2 Å². The molecule has 1 aliphatic heterocycles. The first kappa shape index (κ1) is 7.76. The van der Waals surface area contributed by atoms with E-state index in [0.29, 0.717) is 0 Å². The molecule has 1 heterocycles. The third-order valence-electron chi connectivity index (χ3n) is 1.90. The summed E-state index contributed by atoms with van der Waals surface area (Å²) in [4.78, 5) is 0. The number of allylic oxidation sites excluding steroid dienone is 1. The number of nitrogens with one attached hydrogen (secondary N) is 1. The van der Waals surface area contributed by atoms with Crippen LogP contribution in [0.25, 0.3) is 0 Å². The molecule has 1 rings (SSSR count). The first-order chi connectivity index (χ1) is 4.93. The van der Waals surface area contributed by atoms with E-state index in [2.05, 4.69) is 11.4 Å². The van der Waals surface area contributed by atoms with Crippen LogP contribution in [0.1, 0.15) is 12.8 Å². The molecule has 0 aliphatic carbocycles. The van der Waals surface area contributed by atoms with Gasteiger partial charge in [0.1, 0.15) is 0 Å². The van der Waals surface area contributed by atoms with Crippen molar-refractivity contribution in [3.05, 3.63) is 12.2 Å². The van der Waals surface area contributed by atoms with E-state index in [9.17, 15) is 0 Å². The highest BCUT2D eigenvalue weighted by molar-refractivity contribution is 4.85. The summed E-state index contributed by atoms with van der Waals surface area (Å²) in [6, 6.07) is 0. The molecule has 0 aromatic carbocycles. The molecule has 1 aliphatic rings. The minimum atomic E-state index is 0.181. The summed E-state index contributed by atoms with van der Waals surface area (Å²) in [7, 11) is 0. The Bertz CT molecular complexity index is 106. The predicted molar refractivity (Wildman–Crippen MR) is 41.8 cm³/mol. The van der Waals surface area contributed by atoms with Crippen LogP contribution in [0.15, 0.2) is 12.2 Å². The minimum Gasteiger partial charge on any atom is -0.392 e. The Kier molecular flexibility index (Phi) is 3.47. The second-order valence-electron chi connectivity index (χ2n) is 2.75. The highest BCUT2D eigenvalue weighted by atomic mass is 16.2. The number of hydrogen-bond donors (Lipinski definition) is 2. The van der Waals surface area contributed by atoms with Crippen LogP contribution in [0.4, 0.5) is 0 Å². The summed E-state index contributed by atoms with van der Waals surface area (Å²) in [5.74, 6) is 0.808. The largest absolute Gasteiger partial charge is 0.392 e. The molecule has 1 fully saturated rings. The fraction of sp³-hybridized carbons (Fsp3) is 0.750. The van der Waals surface area contributed by atoms with Gasteiger partial charge in [0, 0.05) is 0 Å². The zero-order valence-electron chi connectivity index (χ0n) is 6.21. The maximum absolute atomic E-state index is 8.44. The molecule has 0 spiro atoms. The topological polar surface area (TPSA) is 32.3 Å². The van der Waals surface area contributed by atoms with Crippen molar-refractivity contribution < 1.29 is 5.11 Å². The normalized spacial score (nSPS) is 26.3. The van der Waals surface area contributed by atoms with Gasteiger partial charge in [0.25, 0.3) is 0 Å². The summed E-state index contributed by atoms with van der Waals surface area (Å²) >= 11 is 0. The van der Waals surface area contributed by atoms with Crippen LogP contribution in [0.2, 0.25) is 0 Å². The molecule has 1 atom stereocenters. The Morgan fingerprint density at radius 3 is 3.00 bits per heavy atom. The van der Waals surface area contributed by atoms with Gasteiger partial charge in [-0.3, -0.25) is 0 Å². The van der Waals surface area contributed by atoms with Crippen molar-refractivity contribution in [3.8, 4) is 0 Å². The van der Waals surface area contributed by atoms with Crippen molar-refractivity contribution >= 4 is 0 Å². The highest BCUT2D eigenvalue weighted by Crippen LogP contribution is 2.11. The average molecular weight is 141 g/mol. The summed E-state index contributed by atoms with van der Waals surface area (Å²) in [6.07, 6.45) is 6.29. The summed E-state index contributed by atoms with van der Waals surface area (Å²) in [5, 5.41) is 11.7. The molecule has 10 heavy (non-hydrogen) atoms. The van der Waals surface area contributed by atoms with Gasteiger partial charge >= 0.3 is 0 Å². The molecule has 1 unspecified atom stereocenters. The molecular formula is C8H15NO. The van der Waals surface area contributed by atoms with Gasteiger partial charge in [0.15, 0.2) is 0 Å². The van der Waals surface area contributed by atoms with Gasteiger partial charge in [-0.05, 0) is 31.8 Å². The van der Waals surface area contributed by atoms with E-state index < -0.39 is 0 Å². The Morgan fingerprint density at radius 2 is 2.40 bits per heavy atom. The molecule has 0 radical (unpaired) electrons. The number of hydrogen-bond acceptors (Lipinski definition) is 2. The third-order valence-corrected chi connectivity index (χ3v) is 1.90. The fourth-order valence-corrected chi connectivity index (χ4v) is 1.28. The van der Waals surface area contributed by atoms with Crippen LogP contribution in [-0.4, -0.2) is 24.8 Å². The van der Waals surface area contributed by atoms with Crippen molar-refractivity contribution in [1.82, 2.24) is 5.32 Å². The molecule has 0 aromatic rings. The third kappa shape index (κ3) is 2.50. The zero-order valence-corrected chi connectivity index (χ0v) is 6.21. The Labute approximate surface area is 61.9 Å². The van der Waals surface area contributed by atoms with E-state index in [1.54, 1.807) is 0 Å². The van der Waals surface area contributed by atoms with Crippen LogP contribution in [0.3, 0.4) is 0 Å². The quantitative estimate of drug-likeness (QED) is 0.562. The fourth-order valence-electron chi connectivity index (χ4n) is 1.28. The van der Waals surface area contributed by atoms with Gasteiger partial charge in [-0.2, -0.15) is 0 Å². The standard InChI is InChI=1S/C8H15NO/c10-6-2-1-3-8-4-5-9-7-8/h1-2,8-10H,3-7H2/b2-1-. The van der Waals surface area contributed by atoms with Crippen LogP contribution in [0.5, 0.6) is 0 Å². The second kappa shape index (κ2) is 4.47. The molecule has 0 saturated carbocycles. The molecule has 0 amide bonds. The Balaban J connectivity index is 2.06. The maximum atomic E-state index is 8.44. The smallest absolute Gasteiger partial charge is 0.0612 e. The Morgan fingerprint density at radius 1 is 1.50 bits per heavy atom. The van der Waals surface area contributed by atoms with Crippen molar-refractivity contribution in [2.45, 2.75) is 12.8 Å². The summed E-state index contributed by atoms with van der Waals surface area (Å²) in [5.41, 5.74) is 0. The van der Waals surface area contributed by atoms with E-state index in [1.165, 1.54) is 6.42 Å². The molecule has 0 aromatic heterocycles. The molecular weight excluding hydrogens is 126 g/mol. The van der Waals surface area contributed by atoms with E-state index >= 15 is 0 Å². The van der Waals surface area contributed by atoms with E-state index in [-0.39, 0.29) is 6.61 Å². The molecule has 2 heteroatoms. The van der Waals surface area contributed by atoms with Crippen LogP contribution >= 0.6 is 0 Å². The first-order valence-corrected chi connectivity index (χ1v) is 3.90. The lowest BCUT2D eigenvalue weighted by molar-refractivity contribution is 0.342. The number of rotatable bonds is 3. The number of aliphatic hydroxyl groups is 1. The van der Waals surface area contributed by atoms with Gasteiger partial charge in [0.05, 0.1) is 6.61 Å². The molecule has 2 N–H and O–H groups in total. The lowest BCUT2D eigenvalue weighted by Gasteiger charge is -2.01. The predicted octanol–water partition coefficient (Wildman–Crippen LogP) is 0.534. The van der Waals surface area contributed by atoms with Crippen molar-refractivity contribution in [1.29, 1.82) is 0 Å². The van der Waals surface area contributed by atoms with Crippen LogP contribution in [0, 0.1) is 5.92 Å². The monoisotopic (exact) mass is 141 g/mol. The number of aliphatic hydroxyl groups excluding tert-OH is 1. The molecule has 2 nitrogen and oxygen atoms in total. The zero-order chi connectivity index (χ0) is 7.23. The van der Waals surface area contributed by atoms with Crippen molar-refractivity contribution in [2.75, 3.05) is 19.7 Å². The lowest BCUT2D eigenvalue weighted by atomic mass is 10.1. The summed E-state index contributed by atoms with van der Waals surface area (Å²) in [6.45, 7) is 2.49. The van der Waals surface area contributed by atoms with E-state index in [0.717, 1.165) is 25.4 Å². The Hall–Kier alpha value is -0.340. The van der Waals surface area contributed by atoms with Crippen molar-refractivity contribution in [3.63, 3.8) is 0 Å². The van der Waals surface area contributed by atoms with Gasteiger partial charge in [-0.15, -0.1) is 0 Å². The van der Waals surface area contributed by atoms with Gasteiger partial charge in [0.2, 0.25) is 0 Å². The minimum absolute atomic E-state index is 0.181. The van der Waals surface area contributed by atoms with Crippen molar-refractivity contribution in [2.24, 2.45) is 5.92 Å². The van der Waals surface area contributed by atoms with Crippen LogP contribution in [-0.2, 0) is 0 Å². The highest BCUT2D eigenvalue weighted by Gasteiger charge is 2.11.